The van der Waals surface area contributed by atoms with Gasteiger partial charge in [-0.1, -0.05) is 33.1 Å². The van der Waals surface area contributed by atoms with Crippen LogP contribution in [-0.2, 0) is 4.74 Å². The zero-order valence-electron chi connectivity index (χ0n) is 12.9. The first-order valence-electron chi connectivity index (χ1n) is 8.12. The second-order valence-corrected chi connectivity index (χ2v) is 5.96. The molecule has 0 aromatic carbocycles. The molecule has 1 fully saturated rings. The Morgan fingerprint density at radius 3 is 2.90 bits per heavy atom. The van der Waals surface area contributed by atoms with E-state index in [1.165, 1.54) is 37.8 Å². The Kier molecular flexibility index (Phi) is 6.05. The molecule has 20 heavy (non-hydrogen) atoms. The van der Waals surface area contributed by atoms with Crippen molar-refractivity contribution >= 4 is 0 Å². The van der Waals surface area contributed by atoms with Crippen molar-refractivity contribution in [1.82, 2.24) is 9.55 Å². The molecule has 0 radical (unpaired) electrons. The molecule has 0 bridgehead atoms. The molecular formula is C16H29N3O. The topological polar surface area (TPSA) is 53.1 Å². The molecular weight excluding hydrogens is 250 g/mol. The summed E-state index contributed by atoms with van der Waals surface area (Å²) in [5.41, 5.74) is 7.66. The maximum Gasteiger partial charge on any atom is 0.0951 e. The van der Waals surface area contributed by atoms with Crippen molar-refractivity contribution in [3.05, 3.63) is 18.2 Å². The molecule has 1 aromatic heterocycles. The molecule has 1 aliphatic heterocycles. The molecule has 0 spiro atoms. The van der Waals surface area contributed by atoms with E-state index in [0.717, 1.165) is 19.6 Å². The van der Waals surface area contributed by atoms with Gasteiger partial charge in [-0.05, 0) is 19.3 Å². The zero-order valence-corrected chi connectivity index (χ0v) is 12.9. The van der Waals surface area contributed by atoms with Crippen LogP contribution < -0.4 is 5.73 Å². The molecule has 1 aromatic rings. The molecule has 114 valence electrons. The average molecular weight is 279 g/mol. The number of nitrogens with zero attached hydrogens (tertiary/aromatic N) is 2. The second-order valence-electron chi connectivity index (χ2n) is 5.96. The molecule has 4 heteroatoms. The second kappa shape index (κ2) is 7.79. The molecule has 0 saturated carbocycles. The minimum Gasteiger partial charge on any atom is -0.381 e. The number of hydrogen-bond acceptors (Lipinski definition) is 3. The number of unbranched alkanes of at least 4 members (excludes halogenated alkanes) is 1. The van der Waals surface area contributed by atoms with Crippen molar-refractivity contribution in [2.75, 3.05) is 13.2 Å². The van der Waals surface area contributed by atoms with Gasteiger partial charge in [0, 0.05) is 24.8 Å². The summed E-state index contributed by atoms with van der Waals surface area (Å²) in [4.78, 5) is 4.37. The minimum absolute atomic E-state index is 0.0565. The first-order valence-corrected chi connectivity index (χ1v) is 8.12. The van der Waals surface area contributed by atoms with Crippen molar-refractivity contribution < 1.29 is 4.74 Å². The third kappa shape index (κ3) is 3.61. The molecule has 3 atom stereocenters. The van der Waals surface area contributed by atoms with Crippen molar-refractivity contribution in [2.45, 2.75) is 64.5 Å². The maximum absolute atomic E-state index is 6.47. The van der Waals surface area contributed by atoms with Crippen molar-refractivity contribution in [1.29, 1.82) is 0 Å². The summed E-state index contributed by atoms with van der Waals surface area (Å²) in [6.45, 7) is 6.14. The van der Waals surface area contributed by atoms with Gasteiger partial charge in [0.05, 0.1) is 24.7 Å². The Morgan fingerprint density at radius 1 is 1.40 bits per heavy atom. The van der Waals surface area contributed by atoms with Gasteiger partial charge < -0.3 is 15.0 Å². The molecule has 1 aliphatic rings. The molecule has 2 N–H and O–H groups in total. The fourth-order valence-corrected chi connectivity index (χ4v) is 3.15. The fourth-order valence-electron chi connectivity index (χ4n) is 3.15. The highest BCUT2D eigenvalue weighted by atomic mass is 16.5. The van der Waals surface area contributed by atoms with Gasteiger partial charge in [-0.15, -0.1) is 0 Å². The van der Waals surface area contributed by atoms with E-state index in [4.69, 9.17) is 10.5 Å². The van der Waals surface area contributed by atoms with Crippen LogP contribution in [-0.4, -0.2) is 22.8 Å². The summed E-state index contributed by atoms with van der Waals surface area (Å²) in [6, 6.07) is 0.604. The lowest BCUT2D eigenvalue weighted by Crippen LogP contribution is -2.25. The number of hydrogen-bond donors (Lipinski definition) is 1. The van der Waals surface area contributed by atoms with E-state index in [2.05, 4.69) is 23.4 Å². The van der Waals surface area contributed by atoms with Crippen LogP contribution in [0.3, 0.4) is 0 Å². The number of imidazole rings is 1. The first kappa shape index (κ1) is 15.5. The van der Waals surface area contributed by atoms with E-state index in [9.17, 15) is 0 Å². The van der Waals surface area contributed by atoms with E-state index in [-0.39, 0.29) is 6.04 Å². The molecule has 4 nitrogen and oxygen atoms in total. The van der Waals surface area contributed by atoms with Gasteiger partial charge in [-0.25, -0.2) is 4.98 Å². The van der Waals surface area contributed by atoms with E-state index in [1.54, 1.807) is 0 Å². The fraction of sp³-hybridized carbons (Fsp3) is 0.812. The molecule has 2 heterocycles. The molecule has 0 aliphatic carbocycles. The maximum atomic E-state index is 6.47. The van der Waals surface area contributed by atoms with Gasteiger partial charge in [-0.2, -0.15) is 0 Å². The van der Waals surface area contributed by atoms with Gasteiger partial charge in [0.15, 0.2) is 0 Å². The van der Waals surface area contributed by atoms with Crippen molar-refractivity contribution in [3.63, 3.8) is 0 Å². The SMILES string of the molecule is CCCCC(CCC)n1cncc1C(N)C1CCOC1. The first-order chi connectivity index (χ1) is 9.77. The Morgan fingerprint density at radius 2 is 2.25 bits per heavy atom. The van der Waals surface area contributed by atoms with Crippen LogP contribution >= 0.6 is 0 Å². The molecule has 1 saturated heterocycles. The normalized spacial score (nSPS) is 22.1. The Balaban J connectivity index is 2.11. The Hall–Kier alpha value is -0.870. The van der Waals surface area contributed by atoms with Crippen molar-refractivity contribution in [2.24, 2.45) is 11.7 Å². The van der Waals surface area contributed by atoms with E-state index < -0.39 is 0 Å². The van der Waals surface area contributed by atoms with Crippen LogP contribution in [0.1, 0.15) is 70.2 Å². The lowest BCUT2D eigenvalue weighted by molar-refractivity contribution is 0.180. The van der Waals surface area contributed by atoms with E-state index in [1.807, 2.05) is 12.5 Å². The van der Waals surface area contributed by atoms with Crippen LogP contribution in [0.4, 0.5) is 0 Å². The number of ether oxygens (including phenoxy) is 1. The largest absolute Gasteiger partial charge is 0.381 e. The summed E-state index contributed by atoms with van der Waals surface area (Å²) < 4.78 is 7.81. The van der Waals surface area contributed by atoms with Crippen LogP contribution in [0.2, 0.25) is 0 Å². The van der Waals surface area contributed by atoms with Crippen LogP contribution in [0.5, 0.6) is 0 Å². The van der Waals surface area contributed by atoms with Crippen LogP contribution in [0, 0.1) is 5.92 Å². The van der Waals surface area contributed by atoms with E-state index >= 15 is 0 Å². The third-order valence-corrected chi connectivity index (χ3v) is 4.42. The molecule has 0 amide bonds. The smallest absolute Gasteiger partial charge is 0.0951 e. The van der Waals surface area contributed by atoms with Gasteiger partial charge >= 0.3 is 0 Å². The Bertz CT molecular complexity index is 385. The zero-order chi connectivity index (χ0) is 14.4. The quantitative estimate of drug-likeness (QED) is 0.793. The van der Waals surface area contributed by atoms with Gasteiger partial charge in [-0.3, -0.25) is 0 Å². The summed E-state index contributed by atoms with van der Waals surface area (Å²) in [5.74, 6) is 0.443. The summed E-state index contributed by atoms with van der Waals surface area (Å²) in [5, 5.41) is 0. The van der Waals surface area contributed by atoms with Gasteiger partial charge in [0.2, 0.25) is 0 Å². The monoisotopic (exact) mass is 279 g/mol. The standard InChI is InChI=1S/C16H29N3O/c1-3-5-7-14(6-4-2)19-12-18-10-15(19)16(17)13-8-9-20-11-13/h10,12-14,16H,3-9,11,17H2,1-2H3. The number of rotatable bonds is 8. The summed E-state index contributed by atoms with van der Waals surface area (Å²) in [6.07, 6.45) is 11.1. The summed E-state index contributed by atoms with van der Waals surface area (Å²) in [7, 11) is 0. The Labute approximate surface area is 122 Å². The van der Waals surface area contributed by atoms with E-state index in [0.29, 0.717) is 12.0 Å². The lowest BCUT2D eigenvalue weighted by Gasteiger charge is -2.25. The average Bonchev–Trinajstić information content (AvgIpc) is 3.13. The predicted octanol–water partition coefficient (Wildman–Crippen LogP) is 3.45. The third-order valence-electron chi connectivity index (χ3n) is 4.42. The predicted molar refractivity (Wildman–Crippen MR) is 81.6 cm³/mol. The lowest BCUT2D eigenvalue weighted by atomic mass is 9.96. The highest BCUT2D eigenvalue weighted by Crippen LogP contribution is 2.30. The number of nitrogens with two attached hydrogens (primary N) is 1. The molecule has 3 unspecified atom stereocenters. The number of aromatic nitrogens is 2. The minimum atomic E-state index is 0.0565. The van der Waals surface area contributed by atoms with Crippen LogP contribution in [0.15, 0.2) is 12.5 Å². The van der Waals surface area contributed by atoms with Gasteiger partial charge in [0.1, 0.15) is 0 Å². The summed E-state index contributed by atoms with van der Waals surface area (Å²) >= 11 is 0. The molecule has 2 rings (SSSR count). The van der Waals surface area contributed by atoms with Gasteiger partial charge in [0.25, 0.3) is 0 Å². The van der Waals surface area contributed by atoms with Crippen LogP contribution in [0.25, 0.3) is 0 Å². The highest BCUT2D eigenvalue weighted by molar-refractivity contribution is 5.08. The van der Waals surface area contributed by atoms with Crippen molar-refractivity contribution in [3.8, 4) is 0 Å². The highest BCUT2D eigenvalue weighted by Gasteiger charge is 2.27.